The standard InChI is InChI=1S/C21H30N2O5/c1-13(2)22(5)20(26)16-6-8-23(9-7-16)21(27)17-10-14(3)19(15(4)11-17)28-12-18(24)25/h10-11,13,16H,6-9,12H2,1-5H3,(H,24,25). The first-order valence-corrected chi connectivity index (χ1v) is 9.63. The Bertz CT molecular complexity index is 728. The molecule has 1 aliphatic rings. The Balaban J connectivity index is 2.03. The minimum absolute atomic E-state index is 0.0354. The number of carboxylic acids is 1. The lowest BCUT2D eigenvalue weighted by Gasteiger charge is -2.34. The maximum absolute atomic E-state index is 12.9. The Morgan fingerprint density at radius 1 is 1.18 bits per heavy atom. The number of carbonyl (C=O) groups is 3. The summed E-state index contributed by atoms with van der Waals surface area (Å²) in [4.78, 5) is 39.7. The van der Waals surface area contributed by atoms with E-state index >= 15 is 0 Å². The number of aliphatic carboxylic acids is 1. The lowest BCUT2D eigenvalue weighted by molar-refractivity contribution is -0.139. The number of hydrogen-bond acceptors (Lipinski definition) is 4. The molecule has 1 aromatic carbocycles. The van der Waals surface area contributed by atoms with E-state index in [1.807, 2.05) is 20.9 Å². The first kappa shape index (κ1) is 21.7. The lowest BCUT2D eigenvalue weighted by atomic mass is 9.94. The van der Waals surface area contributed by atoms with Crippen LogP contribution in [0.25, 0.3) is 0 Å². The average molecular weight is 390 g/mol. The Hall–Kier alpha value is -2.57. The molecule has 1 heterocycles. The summed E-state index contributed by atoms with van der Waals surface area (Å²) in [7, 11) is 1.82. The van der Waals surface area contributed by atoms with Gasteiger partial charge in [-0.05, 0) is 63.8 Å². The van der Waals surface area contributed by atoms with Gasteiger partial charge in [-0.3, -0.25) is 9.59 Å². The zero-order valence-corrected chi connectivity index (χ0v) is 17.3. The highest BCUT2D eigenvalue weighted by atomic mass is 16.5. The molecule has 0 spiro atoms. The molecule has 0 unspecified atom stereocenters. The summed E-state index contributed by atoms with van der Waals surface area (Å²) in [5.41, 5.74) is 2.02. The Morgan fingerprint density at radius 3 is 2.18 bits per heavy atom. The largest absolute Gasteiger partial charge is 0.481 e. The molecule has 1 aliphatic heterocycles. The van der Waals surface area contributed by atoms with Crippen molar-refractivity contribution in [3.63, 3.8) is 0 Å². The van der Waals surface area contributed by atoms with Crippen LogP contribution in [0, 0.1) is 19.8 Å². The van der Waals surface area contributed by atoms with Gasteiger partial charge in [-0.15, -0.1) is 0 Å². The topological polar surface area (TPSA) is 87.2 Å². The number of carboxylic acid groups (broad SMARTS) is 1. The Morgan fingerprint density at radius 2 is 1.71 bits per heavy atom. The minimum atomic E-state index is -1.04. The second kappa shape index (κ2) is 9.08. The van der Waals surface area contributed by atoms with Crippen molar-refractivity contribution >= 4 is 17.8 Å². The van der Waals surface area contributed by atoms with Gasteiger partial charge in [-0.2, -0.15) is 0 Å². The van der Waals surface area contributed by atoms with Crippen molar-refractivity contribution < 1.29 is 24.2 Å². The van der Waals surface area contributed by atoms with E-state index in [2.05, 4.69) is 0 Å². The van der Waals surface area contributed by atoms with E-state index in [1.54, 1.807) is 35.8 Å². The van der Waals surface area contributed by atoms with E-state index in [4.69, 9.17) is 9.84 Å². The molecule has 0 aromatic heterocycles. The first-order valence-electron chi connectivity index (χ1n) is 9.63. The summed E-state index contributed by atoms with van der Waals surface area (Å²) in [6.45, 7) is 8.27. The van der Waals surface area contributed by atoms with Gasteiger partial charge in [0.25, 0.3) is 5.91 Å². The average Bonchev–Trinajstić information content (AvgIpc) is 2.65. The third-order valence-electron chi connectivity index (χ3n) is 5.30. The van der Waals surface area contributed by atoms with E-state index in [-0.39, 0.29) is 23.8 Å². The van der Waals surface area contributed by atoms with Crippen LogP contribution in [0.15, 0.2) is 12.1 Å². The first-order chi connectivity index (χ1) is 13.1. The normalized spacial score (nSPS) is 14.9. The van der Waals surface area contributed by atoms with E-state index in [9.17, 15) is 14.4 Å². The molecule has 7 heteroatoms. The van der Waals surface area contributed by atoms with Crippen LogP contribution in [-0.2, 0) is 9.59 Å². The second-order valence-corrected chi connectivity index (χ2v) is 7.73. The maximum atomic E-state index is 12.9. The Kier molecular flexibility index (Phi) is 7.05. The van der Waals surface area contributed by atoms with Crippen LogP contribution in [0.5, 0.6) is 5.75 Å². The minimum Gasteiger partial charge on any atom is -0.481 e. The van der Waals surface area contributed by atoms with Crippen molar-refractivity contribution in [1.82, 2.24) is 9.80 Å². The summed E-state index contributed by atoms with van der Waals surface area (Å²) in [5.74, 6) is -0.501. The van der Waals surface area contributed by atoms with Gasteiger partial charge < -0.3 is 19.6 Å². The van der Waals surface area contributed by atoms with E-state index in [0.717, 1.165) is 11.1 Å². The number of nitrogens with zero attached hydrogens (tertiary/aromatic N) is 2. The zero-order chi connectivity index (χ0) is 21.0. The lowest BCUT2D eigenvalue weighted by Crippen LogP contribution is -2.45. The zero-order valence-electron chi connectivity index (χ0n) is 17.3. The summed E-state index contributed by atoms with van der Waals surface area (Å²) in [6, 6.07) is 3.63. The van der Waals surface area contributed by atoms with Crippen LogP contribution in [0.4, 0.5) is 0 Å². The molecule has 1 N–H and O–H groups in total. The molecule has 0 saturated carbocycles. The highest BCUT2D eigenvalue weighted by Gasteiger charge is 2.30. The van der Waals surface area contributed by atoms with Crippen LogP contribution in [0.2, 0.25) is 0 Å². The van der Waals surface area contributed by atoms with Gasteiger partial charge in [-0.1, -0.05) is 0 Å². The maximum Gasteiger partial charge on any atom is 0.341 e. The fourth-order valence-electron chi connectivity index (χ4n) is 3.49. The van der Waals surface area contributed by atoms with Gasteiger partial charge >= 0.3 is 5.97 Å². The van der Waals surface area contributed by atoms with Crippen LogP contribution in [0.3, 0.4) is 0 Å². The molecule has 154 valence electrons. The number of benzene rings is 1. The fraction of sp³-hybridized carbons (Fsp3) is 0.571. The van der Waals surface area contributed by atoms with Crippen molar-refractivity contribution in [2.24, 2.45) is 5.92 Å². The number of piperidine rings is 1. The SMILES string of the molecule is Cc1cc(C(=O)N2CCC(C(=O)N(C)C(C)C)CC2)cc(C)c1OCC(=O)O. The number of carbonyl (C=O) groups excluding carboxylic acids is 2. The van der Waals surface area contributed by atoms with Crippen LogP contribution < -0.4 is 4.74 Å². The summed E-state index contributed by atoms with van der Waals surface area (Å²) in [6.07, 6.45) is 1.33. The molecule has 1 aromatic rings. The smallest absolute Gasteiger partial charge is 0.341 e. The van der Waals surface area contributed by atoms with Gasteiger partial charge in [0, 0.05) is 37.7 Å². The molecule has 0 bridgehead atoms. The molecular weight excluding hydrogens is 360 g/mol. The van der Waals surface area contributed by atoms with E-state index in [0.29, 0.717) is 37.2 Å². The summed E-state index contributed by atoms with van der Waals surface area (Å²) < 4.78 is 5.32. The van der Waals surface area contributed by atoms with Gasteiger partial charge in [0.2, 0.25) is 5.91 Å². The number of rotatable bonds is 6. The van der Waals surface area contributed by atoms with E-state index < -0.39 is 12.6 Å². The quantitative estimate of drug-likeness (QED) is 0.806. The number of hydrogen-bond donors (Lipinski definition) is 1. The summed E-state index contributed by atoms with van der Waals surface area (Å²) >= 11 is 0. The molecule has 0 atom stereocenters. The van der Waals surface area contributed by atoms with Crippen molar-refractivity contribution in [3.05, 3.63) is 28.8 Å². The molecule has 1 saturated heterocycles. The number of likely N-dealkylation sites (tertiary alicyclic amines) is 1. The highest BCUT2D eigenvalue weighted by molar-refractivity contribution is 5.95. The molecule has 2 amide bonds. The number of ether oxygens (including phenoxy) is 1. The predicted molar refractivity (Wildman–Crippen MR) is 106 cm³/mol. The van der Waals surface area contributed by atoms with Crippen LogP contribution >= 0.6 is 0 Å². The van der Waals surface area contributed by atoms with Gasteiger partial charge in [0.05, 0.1) is 0 Å². The van der Waals surface area contributed by atoms with Crippen molar-refractivity contribution in [2.45, 2.75) is 46.6 Å². The van der Waals surface area contributed by atoms with E-state index in [1.165, 1.54) is 0 Å². The second-order valence-electron chi connectivity index (χ2n) is 7.73. The van der Waals surface area contributed by atoms with Gasteiger partial charge in [0.1, 0.15) is 5.75 Å². The Labute approximate surface area is 166 Å². The third kappa shape index (κ3) is 5.03. The molecule has 1 fully saturated rings. The monoisotopic (exact) mass is 390 g/mol. The molecule has 7 nitrogen and oxygen atoms in total. The predicted octanol–water partition coefficient (Wildman–Crippen LogP) is 2.49. The van der Waals surface area contributed by atoms with Crippen LogP contribution in [-0.4, -0.2) is 65.5 Å². The molecule has 28 heavy (non-hydrogen) atoms. The van der Waals surface area contributed by atoms with Gasteiger partial charge in [-0.25, -0.2) is 4.79 Å². The van der Waals surface area contributed by atoms with Crippen molar-refractivity contribution in [1.29, 1.82) is 0 Å². The highest BCUT2D eigenvalue weighted by Crippen LogP contribution is 2.27. The van der Waals surface area contributed by atoms with Crippen LogP contribution in [0.1, 0.15) is 48.2 Å². The molecule has 0 aliphatic carbocycles. The number of aryl methyl sites for hydroxylation is 2. The molecular formula is C21H30N2O5. The summed E-state index contributed by atoms with van der Waals surface area (Å²) in [5, 5.41) is 8.78. The van der Waals surface area contributed by atoms with Crippen molar-refractivity contribution in [2.75, 3.05) is 26.7 Å². The molecule has 2 rings (SSSR count). The number of amides is 2. The van der Waals surface area contributed by atoms with Gasteiger partial charge in [0.15, 0.2) is 6.61 Å². The molecule has 0 radical (unpaired) electrons. The third-order valence-corrected chi connectivity index (χ3v) is 5.30. The van der Waals surface area contributed by atoms with Crippen molar-refractivity contribution in [3.8, 4) is 5.75 Å². The fourth-order valence-corrected chi connectivity index (χ4v) is 3.49.